The number of ether oxygens (including phenoxy) is 1. The number of methoxy groups -OCH3 is 1. The van der Waals surface area contributed by atoms with Crippen molar-refractivity contribution in [2.75, 3.05) is 7.11 Å². The van der Waals surface area contributed by atoms with Crippen LogP contribution in [0.25, 0.3) is 10.6 Å². The highest BCUT2D eigenvalue weighted by atomic mass is 35.5. The fourth-order valence-corrected chi connectivity index (χ4v) is 3.21. The van der Waals surface area contributed by atoms with Crippen molar-refractivity contribution in [3.8, 4) is 10.6 Å². The molecule has 3 aromatic rings. The first-order chi connectivity index (χ1) is 11.9. The fourth-order valence-electron chi connectivity index (χ4n) is 2.39. The number of aromatic nitrogens is 4. The van der Waals surface area contributed by atoms with E-state index in [9.17, 15) is 9.59 Å². The van der Waals surface area contributed by atoms with E-state index < -0.39 is 11.9 Å². The van der Waals surface area contributed by atoms with Crippen molar-refractivity contribution in [3.63, 3.8) is 0 Å². The Morgan fingerprint density at radius 3 is 2.40 bits per heavy atom. The highest BCUT2D eigenvalue weighted by molar-refractivity contribution is 7.09. The number of nitrogens with zero attached hydrogens (tertiary/aromatic N) is 4. The maximum absolute atomic E-state index is 12.9. The van der Waals surface area contributed by atoms with Crippen LogP contribution < -0.4 is 0 Å². The minimum atomic E-state index is -0.574. The summed E-state index contributed by atoms with van der Waals surface area (Å²) in [6.45, 7) is 3.39. The predicted octanol–water partition coefficient (Wildman–Crippen LogP) is 3.15. The van der Waals surface area contributed by atoms with E-state index in [0.29, 0.717) is 32.5 Å². The van der Waals surface area contributed by atoms with Crippen molar-refractivity contribution in [2.24, 2.45) is 0 Å². The minimum absolute atomic E-state index is 0.221. The molecule has 2 aromatic heterocycles. The Morgan fingerprint density at radius 2 is 1.84 bits per heavy atom. The van der Waals surface area contributed by atoms with Gasteiger partial charge in [0.05, 0.1) is 23.4 Å². The minimum Gasteiger partial charge on any atom is -0.465 e. The van der Waals surface area contributed by atoms with Crippen LogP contribution in [0.15, 0.2) is 24.3 Å². The Bertz CT molecular complexity index is 962. The lowest BCUT2D eigenvalue weighted by Gasteiger charge is -2.07. The molecule has 7 nitrogen and oxygen atoms in total. The van der Waals surface area contributed by atoms with E-state index >= 15 is 0 Å². The van der Waals surface area contributed by atoms with Crippen molar-refractivity contribution in [3.05, 3.63) is 51.8 Å². The maximum atomic E-state index is 12.9. The van der Waals surface area contributed by atoms with Crippen LogP contribution in [-0.2, 0) is 4.74 Å². The second kappa shape index (κ2) is 6.73. The standard InChI is InChI=1S/C16H13ClN4O3S/c1-8-12(16(23)24-3)13(14-9(2)18-20-25-14)21(19-8)15(22)10-4-6-11(17)7-5-10/h4-7H,1-3H3. The molecule has 0 saturated carbocycles. The smallest absolute Gasteiger partial charge is 0.342 e. The third kappa shape index (κ3) is 3.06. The van der Waals surface area contributed by atoms with E-state index in [1.54, 1.807) is 38.1 Å². The Kier molecular flexibility index (Phi) is 4.65. The zero-order chi connectivity index (χ0) is 18.1. The second-order valence-electron chi connectivity index (χ2n) is 5.21. The van der Waals surface area contributed by atoms with Gasteiger partial charge in [-0.2, -0.15) is 9.78 Å². The predicted molar refractivity (Wildman–Crippen MR) is 93.1 cm³/mol. The van der Waals surface area contributed by atoms with Gasteiger partial charge in [-0.25, -0.2) is 4.79 Å². The highest BCUT2D eigenvalue weighted by Crippen LogP contribution is 2.32. The third-order valence-electron chi connectivity index (χ3n) is 3.60. The lowest BCUT2D eigenvalue weighted by atomic mass is 10.1. The number of carbonyl (C=O) groups excluding carboxylic acids is 2. The molecule has 0 saturated heterocycles. The van der Waals surface area contributed by atoms with Gasteiger partial charge in [-0.3, -0.25) is 4.79 Å². The molecular weight excluding hydrogens is 364 g/mol. The molecule has 0 amide bonds. The molecule has 0 bridgehead atoms. The molecule has 0 aliphatic carbocycles. The van der Waals surface area contributed by atoms with E-state index in [-0.39, 0.29) is 5.56 Å². The average molecular weight is 377 g/mol. The van der Waals surface area contributed by atoms with Gasteiger partial charge in [0.1, 0.15) is 11.3 Å². The molecule has 9 heteroatoms. The Balaban J connectivity index is 2.23. The van der Waals surface area contributed by atoms with Crippen molar-refractivity contribution < 1.29 is 14.3 Å². The molecule has 1 aromatic carbocycles. The number of rotatable bonds is 3. The summed E-state index contributed by atoms with van der Waals surface area (Å²) in [7, 11) is 1.28. The van der Waals surface area contributed by atoms with Crippen molar-refractivity contribution in [2.45, 2.75) is 13.8 Å². The summed E-state index contributed by atoms with van der Waals surface area (Å²) >= 11 is 6.96. The molecule has 0 aliphatic rings. The monoisotopic (exact) mass is 376 g/mol. The number of aryl methyl sites for hydroxylation is 2. The lowest BCUT2D eigenvalue weighted by molar-refractivity contribution is 0.0601. The van der Waals surface area contributed by atoms with Gasteiger partial charge in [0.2, 0.25) is 0 Å². The molecule has 0 radical (unpaired) electrons. The number of hydrogen-bond acceptors (Lipinski definition) is 7. The zero-order valence-corrected chi connectivity index (χ0v) is 15.2. The van der Waals surface area contributed by atoms with Crippen molar-refractivity contribution >= 4 is 35.0 Å². The van der Waals surface area contributed by atoms with Gasteiger partial charge in [-0.05, 0) is 49.6 Å². The van der Waals surface area contributed by atoms with Gasteiger partial charge in [0, 0.05) is 10.6 Å². The molecule has 0 atom stereocenters. The van der Waals surface area contributed by atoms with Crippen molar-refractivity contribution in [1.29, 1.82) is 0 Å². The maximum Gasteiger partial charge on any atom is 0.342 e. The molecule has 3 rings (SSSR count). The Labute approximate surface area is 152 Å². The third-order valence-corrected chi connectivity index (χ3v) is 4.69. The first-order valence-electron chi connectivity index (χ1n) is 7.21. The van der Waals surface area contributed by atoms with E-state index in [4.69, 9.17) is 16.3 Å². The van der Waals surface area contributed by atoms with Gasteiger partial charge in [-0.1, -0.05) is 16.1 Å². The van der Waals surface area contributed by atoms with Crippen LogP contribution in [0.1, 0.15) is 32.1 Å². The number of halogens is 1. The van der Waals surface area contributed by atoms with Crippen molar-refractivity contribution in [1.82, 2.24) is 19.4 Å². The molecule has 0 aliphatic heterocycles. The normalized spacial score (nSPS) is 10.7. The highest BCUT2D eigenvalue weighted by Gasteiger charge is 2.29. The molecule has 2 heterocycles. The summed E-state index contributed by atoms with van der Waals surface area (Å²) in [5.41, 5.74) is 1.92. The van der Waals surface area contributed by atoms with Gasteiger partial charge >= 0.3 is 5.97 Å². The van der Waals surface area contributed by atoms with Gasteiger partial charge in [0.25, 0.3) is 5.91 Å². The summed E-state index contributed by atoms with van der Waals surface area (Å²) in [4.78, 5) is 25.8. The van der Waals surface area contributed by atoms with E-state index in [0.717, 1.165) is 11.5 Å². The summed E-state index contributed by atoms with van der Waals surface area (Å²) in [6, 6.07) is 6.43. The van der Waals surface area contributed by atoms with Crippen LogP contribution in [0, 0.1) is 13.8 Å². The molecule has 25 heavy (non-hydrogen) atoms. The van der Waals surface area contributed by atoms with Crippen LogP contribution in [0.5, 0.6) is 0 Å². The van der Waals surface area contributed by atoms with E-state index in [1.165, 1.54) is 11.8 Å². The second-order valence-corrected chi connectivity index (χ2v) is 6.40. The molecule has 0 spiro atoms. The van der Waals surface area contributed by atoms with Gasteiger partial charge in [-0.15, -0.1) is 5.10 Å². The molecule has 0 N–H and O–H groups in total. The SMILES string of the molecule is COC(=O)c1c(C)nn(C(=O)c2ccc(Cl)cc2)c1-c1snnc1C. The fraction of sp³-hybridized carbons (Fsp3) is 0.188. The van der Waals surface area contributed by atoms with E-state index in [2.05, 4.69) is 14.7 Å². The zero-order valence-electron chi connectivity index (χ0n) is 13.6. The largest absolute Gasteiger partial charge is 0.465 e. The van der Waals surface area contributed by atoms with Crippen LogP contribution in [0.2, 0.25) is 5.02 Å². The Hall–Kier alpha value is -2.58. The first kappa shape index (κ1) is 17.2. The van der Waals surface area contributed by atoms with Gasteiger partial charge < -0.3 is 4.74 Å². The van der Waals surface area contributed by atoms with Crippen LogP contribution >= 0.6 is 23.1 Å². The van der Waals surface area contributed by atoms with Gasteiger partial charge in [0.15, 0.2) is 0 Å². The quantitative estimate of drug-likeness (QED) is 0.652. The summed E-state index contributed by atoms with van der Waals surface area (Å²) in [5, 5.41) is 8.74. The molecular formula is C16H13ClN4O3S. The summed E-state index contributed by atoms with van der Waals surface area (Å²) < 4.78 is 9.93. The first-order valence-corrected chi connectivity index (χ1v) is 8.36. The lowest BCUT2D eigenvalue weighted by Crippen LogP contribution is -2.16. The van der Waals surface area contributed by atoms with Crippen LogP contribution in [0.4, 0.5) is 0 Å². The van der Waals surface area contributed by atoms with Crippen LogP contribution in [-0.4, -0.2) is 38.4 Å². The summed E-state index contributed by atoms with van der Waals surface area (Å²) in [6.07, 6.45) is 0. The molecule has 0 unspecified atom stereocenters. The molecule has 0 fully saturated rings. The number of carbonyl (C=O) groups is 2. The van der Waals surface area contributed by atoms with Crippen LogP contribution in [0.3, 0.4) is 0 Å². The number of benzene rings is 1. The average Bonchev–Trinajstić information content (AvgIpc) is 3.17. The summed E-state index contributed by atoms with van der Waals surface area (Å²) in [5.74, 6) is -0.965. The number of hydrogen-bond donors (Lipinski definition) is 0. The topological polar surface area (TPSA) is 87.0 Å². The number of esters is 1. The molecule has 128 valence electrons. The van der Waals surface area contributed by atoms with E-state index in [1.807, 2.05) is 0 Å². The Morgan fingerprint density at radius 1 is 1.16 bits per heavy atom.